The molecule has 2 rings (SSSR count). The van der Waals surface area contributed by atoms with Crippen LogP contribution in [0.4, 0.5) is 0 Å². The molecule has 18 heavy (non-hydrogen) atoms. The predicted octanol–water partition coefficient (Wildman–Crippen LogP) is 1.63. The van der Waals surface area contributed by atoms with Gasteiger partial charge in [-0.25, -0.2) is 13.1 Å². The monoisotopic (exact) mass is 274 g/mol. The van der Waals surface area contributed by atoms with E-state index in [1.807, 2.05) is 0 Å². The quantitative estimate of drug-likeness (QED) is 0.804. The molecule has 1 aliphatic carbocycles. The molecule has 1 aliphatic heterocycles. The van der Waals surface area contributed by atoms with Crippen molar-refractivity contribution < 1.29 is 8.42 Å². The molecule has 1 saturated heterocycles. The van der Waals surface area contributed by atoms with E-state index in [2.05, 4.69) is 10.0 Å². The van der Waals surface area contributed by atoms with Gasteiger partial charge in [0.05, 0.1) is 4.75 Å². The first kappa shape index (κ1) is 14.3. The number of sulfonamides is 1. The Morgan fingerprint density at radius 2 is 1.78 bits per heavy atom. The molecule has 0 bridgehead atoms. The average Bonchev–Trinajstić information content (AvgIpc) is 2.60. The summed E-state index contributed by atoms with van der Waals surface area (Å²) in [6, 6.07) is 0.142. The van der Waals surface area contributed by atoms with Crippen molar-refractivity contribution in [3.8, 4) is 0 Å². The van der Waals surface area contributed by atoms with Gasteiger partial charge in [0.2, 0.25) is 10.0 Å². The largest absolute Gasteiger partial charge is 0.317 e. The van der Waals surface area contributed by atoms with Crippen LogP contribution in [-0.2, 0) is 10.0 Å². The fourth-order valence-corrected chi connectivity index (χ4v) is 4.31. The van der Waals surface area contributed by atoms with Crippen molar-refractivity contribution in [2.75, 3.05) is 13.1 Å². The van der Waals surface area contributed by atoms with E-state index in [0.29, 0.717) is 0 Å². The molecule has 2 aliphatic rings. The maximum atomic E-state index is 12.3. The van der Waals surface area contributed by atoms with Crippen molar-refractivity contribution in [1.82, 2.24) is 10.0 Å². The van der Waals surface area contributed by atoms with Gasteiger partial charge in [-0.3, -0.25) is 0 Å². The zero-order valence-electron chi connectivity index (χ0n) is 11.8. The van der Waals surface area contributed by atoms with Gasteiger partial charge in [0, 0.05) is 6.04 Å². The molecule has 1 spiro atoms. The van der Waals surface area contributed by atoms with E-state index in [0.717, 1.165) is 38.8 Å². The lowest BCUT2D eigenvalue weighted by Gasteiger charge is -2.40. The fraction of sp³-hybridized carbons (Fsp3) is 1.00. The number of hydrogen-bond acceptors (Lipinski definition) is 3. The molecule has 5 heteroatoms. The minimum absolute atomic E-state index is 0.142. The summed E-state index contributed by atoms with van der Waals surface area (Å²) in [5.74, 6) is 0. The Bertz CT molecular complexity index is 392. The summed E-state index contributed by atoms with van der Waals surface area (Å²) in [7, 11) is -3.23. The average molecular weight is 274 g/mol. The minimum Gasteiger partial charge on any atom is -0.317 e. The summed E-state index contributed by atoms with van der Waals surface area (Å²) < 4.78 is 26.9. The van der Waals surface area contributed by atoms with Crippen molar-refractivity contribution in [1.29, 1.82) is 0 Å². The lowest BCUT2D eigenvalue weighted by Crippen LogP contribution is -2.52. The second kappa shape index (κ2) is 4.76. The molecule has 0 unspecified atom stereocenters. The zero-order valence-corrected chi connectivity index (χ0v) is 12.6. The highest BCUT2D eigenvalue weighted by Gasteiger charge is 2.46. The molecule has 1 heterocycles. The first-order valence-corrected chi connectivity index (χ1v) is 8.48. The van der Waals surface area contributed by atoms with E-state index in [1.165, 1.54) is 6.42 Å². The smallest absolute Gasteiger partial charge is 0.216 e. The Hall–Kier alpha value is -0.130. The molecule has 0 aromatic heterocycles. The SMILES string of the molecule is CC(C)(C)S(=O)(=O)N[C@@H]1CCCC12CCNCC2. The van der Waals surface area contributed by atoms with Gasteiger partial charge in [-0.15, -0.1) is 0 Å². The van der Waals surface area contributed by atoms with Crippen molar-refractivity contribution in [3.63, 3.8) is 0 Å². The zero-order chi connectivity index (χ0) is 13.4. The second-order valence-electron chi connectivity index (χ2n) is 6.79. The molecule has 0 amide bonds. The van der Waals surface area contributed by atoms with Gasteiger partial charge >= 0.3 is 0 Å². The third-order valence-electron chi connectivity index (χ3n) is 4.61. The summed E-state index contributed by atoms with van der Waals surface area (Å²) in [6.07, 6.45) is 5.52. The van der Waals surface area contributed by atoms with Crippen LogP contribution in [0.2, 0.25) is 0 Å². The second-order valence-corrected chi connectivity index (χ2v) is 9.26. The van der Waals surface area contributed by atoms with E-state index < -0.39 is 14.8 Å². The third kappa shape index (κ3) is 2.58. The van der Waals surface area contributed by atoms with Crippen molar-refractivity contribution in [3.05, 3.63) is 0 Å². The summed E-state index contributed by atoms with van der Waals surface area (Å²) in [5.41, 5.74) is 0.212. The van der Waals surface area contributed by atoms with Crippen LogP contribution in [0.25, 0.3) is 0 Å². The Kier molecular flexibility index (Phi) is 3.78. The summed E-state index contributed by atoms with van der Waals surface area (Å²) >= 11 is 0. The first-order chi connectivity index (χ1) is 8.27. The van der Waals surface area contributed by atoms with Gasteiger partial charge in [0.15, 0.2) is 0 Å². The van der Waals surface area contributed by atoms with E-state index in [4.69, 9.17) is 0 Å². The van der Waals surface area contributed by atoms with Crippen molar-refractivity contribution in [2.24, 2.45) is 5.41 Å². The third-order valence-corrected chi connectivity index (χ3v) is 6.82. The van der Waals surface area contributed by atoms with E-state index >= 15 is 0 Å². The standard InChI is InChI=1S/C13H26N2O2S/c1-12(2,3)18(16,17)15-11-5-4-6-13(11)7-9-14-10-8-13/h11,14-15H,4-10H2,1-3H3/t11-/m1/s1. The van der Waals surface area contributed by atoms with Gasteiger partial charge in [-0.1, -0.05) is 6.42 Å². The molecule has 2 N–H and O–H groups in total. The van der Waals surface area contributed by atoms with Crippen LogP contribution in [0.15, 0.2) is 0 Å². The summed E-state index contributed by atoms with van der Waals surface area (Å²) in [5, 5.41) is 3.37. The molecule has 4 nitrogen and oxygen atoms in total. The van der Waals surface area contributed by atoms with Crippen molar-refractivity contribution in [2.45, 2.75) is 63.7 Å². The summed E-state index contributed by atoms with van der Waals surface area (Å²) in [4.78, 5) is 0. The fourth-order valence-electron chi connectivity index (χ4n) is 3.21. The van der Waals surface area contributed by atoms with E-state index in [-0.39, 0.29) is 11.5 Å². The highest BCUT2D eigenvalue weighted by molar-refractivity contribution is 7.90. The molecule has 1 saturated carbocycles. The van der Waals surface area contributed by atoms with Crippen molar-refractivity contribution >= 4 is 10.0 Å². The van der Waals surface area contributed by atoms with Crippen LogP contribution in [-0.4, -0.2) is 32.3 Å². The topological polar surface area (TPSA) is 58.2 Å². The molecule has 0 aromatic rings. The molecule has 2 fully saturated rings. The normalized spacial score (nSPS) is 28.7. The first-order valence-electron chi connectivity index (χ1n) is 6.99. The van der Waals surface area contributed by atoms with Gasteiger partial charge in [-0.2, -0.15) is 0 Å². The van der Waals surface area contributed by atoms with Crippen LogP contribution in [0, 0.1) is 5.41 Å². The number of piperidine rings is 1. The van der Waals surface area contributed by atoms with Crippen LogP contribution >= 0.6 is 0 Å². The predicted molar refractivity (Wildman–Crippen MR) is 74.0 cm³/mol. The Labute approximate surface area is 111 Å². The van der Waals surface area contributed by atoms with Gasteiger partial charge in [0.1, 0.15) is 0 Å². The molecule has 106 valence electrons. The van der Waals surface area contributed by atoms with Gasteiger partial charge in [0.25, 0.3) is 0 Å². The number of nitrogens with one attached hydrogen (secondary N) is 2. The Morgan fingerprint density at radius 1 is 1.17 bits per heavy atom. The maximum Gasteiger partial charge on any atom is 0.216 e. The lowest BCUT2D eigenvalue weighted by molar-refractivity contribution is 0.173. The lowest BCUT2D eigenvalue weighted by atomic mass is 9.75. The highest BCUT2D eigenvalue weighted by atomic mass is 32.2. The number of rotatable bonds is 2. The van der Waals surface area contributed by atoms with Gasteiger partial charge in [-0.05, 0) is 65.0 Å². The highest BCUT2D eigenvalue weighted by Crippen LogP contribution is 2.45. The van der Waals surface area contributed by atoms with Crippen LogP contribution in [0.5, 0.6) is 0 Å². The van der Waals surface area contributed by atoms with Crippen LogP contribution in [0.3, 0.4) is 0 Å². The van der Waals surface area contributed by atoms with Crippen LogP contribution in [0.1, 0.15) is 52.9 Å². The molecule has 1 atom stereocenters. The molecular weight excluding hydrogens is 248 g/mol. The molecule has 0 radical (unpaired) electrons. The Morgan fingerprint density at radius 3 is 2.33 bits per heavy atom. The molecular formula is C13H26N2O2S. The molecule has 0 aromatic carbocycles. The minimum atomic E-state index is -3.23. The number of hydrogen-bond donors (Lipinski definition) is 2. The summed E-state index contributed by atoms with van der Waals surface area (Å²) in [6.45, 7) is 7.33. The van der Waals surface area contributed by atoms with Gasteiger partial charge < -0.3 is 5.32 Å². The maximum absolute atomic E-state index is 12.3. The van der Waals surface area contributed by atoms with Crippen LogP contribution < -0.4 is 10.0 Å². The van der Waals surface area contributed by atoms with E-state index in [9.17, 15) is 8.42 Å². The van der Waals surface area contributed by atoms with E-state index in [1.54, 1.807) is 20.8 Å². The Balaban J connectivity index is 2.14.